The van der Waals surface area contributed by atoms with Crippen molar-refractivity contribution >= 4 is 10.0 Å². The second kappa shape index (κ2) is 7.06. The van der Waals surface area contributed by atoms with E-state index in [2.05, 4.69) is 14.7 Å². The fourth-order valence-electron chi connectivity index (χ4n) is 2.70. The van der Waals surface area contributed by atoms with E-state index >= 15 is 0 Å². The number of benzene rings is 1. The summed E-state index contributed by atoms with van der Waals surface area (Å²) in [5, 5.41) is 0. The van der Waals surface area contributed by atoms with Gasteiger partial charge < -0.3 is 4.74 Å². The van der Waals surface area contributed by atoms with Crippen LogP contribution in [-0.2, 0) is 10.0 Å². The lowest BCUT2D eigenvalue weighted by Gasteiger charge is -2.28. The first-order valence-corrected chi connectivity index (χ1v) is 9.12. The van der Waals surface area contributed by atoms with E-state index < -0.39 is 10.0 Å². The summed E-state index contributed by atoms with van der Waals surface area (Å²) in [6.45, 7) is 0. The zero-order valence-corrected chi connectivity index (χ0v) is 13.4. The summed E-state index contributed by atoms with van der Waals surface area (Å²) in [5.74, 6) is 0.515. The molecule has 1 heterocycles. The van der Waals surface area contributed by atoms with Crippen LogP contribution >= 0.6 is 0 Å². The molecule has 7 heteroatoms. The standard InChI is InChI=1S/C16H19N3O3S/c20-23(21,15-4-2-1-3-5-15)19-13-6-8-14(9-7-13)22-16-12-17-10-11-18-16/h1-5,10-14,19H,6-9H2. The Morgan fingerprint density at radius 2 is 1.78 bits per heavy atom. The maximum absolute atomic E-state index is 12.3. The van der Waals surface area contributed by atoms with Gasteiger partial charge in [-0.1, -0.05) is 18.2 Å². The summed E-state index contributed by atoms with van der Waals surface area (Å²) in [7, 11) is -3.45. The van der Waals surface area contributed by atoms with Crippen LogP contribution in [0.5, 0.6) is 5.88 Å². The molecule has 1 aliphatic rings. The number of hydrogen-bond donors (Lipinski definition) is 1. The lowest BCUT2D eigenvalue weighted by Crippen LogP contribution is -2.39. The summed E-state index contributed by atoms with van der Waals surface area (Å²) >= 11 is 0. The van der Waals surface area contributed by atoms with Crippen LogP contribution in [0.4, 0.5) is 0 Å². The quantitative estimate of drug-likeness (QED) is 0.907. The molecular formula is C16H19N3O3S. The molecule has 0 saturated heterocycles. The largest absolute Gasteiger partial charge is 0.473 e. The first-order chi connectivity index (χ1) is 11.1. The third-order valence-electron chi connectivity index (χ3n) is 3.88. The van der Waals surface area contributed by atoms with Crippen molar-refractivity contribution in [3.8, 4) is 5.88 Å². The van der Waals surface area contributed by atoms with Crippen molar-refractivity contribution in [3.05, 3.63) is 48.9 Å². The molecule has 1 aromatic carbocycles. The van der Waals surface area contributed by atoms with Crippen LogP contribution in [0.25, 0.3) is 0 Å². The van der Waals surface area contributed by atoms with Crippen LogP contribution in [0.1, 0.15) is 25.7 Å². The number of rotatable bonds is 5. The van der Waals surface area contributed by atoms with Crippen LogP contribution in [0.3, 0.4) is 0 Å². The van der Waals surface area contributed by atoms with E-state index in [-0.39, 0.29) is 12.1 Å². The Hall–Kier alpha value is -1.99. The normalized spacial score (nSPS) is 21.7. The first kappa shape index (κ1) is 15.9. The highest BCUT2D eigenvalue weighted by molar-refractivity contribution is 7.89. The van der Waals surface area contributed by atoms with Crippen molar-refractivity contribution in [2.45, 2.75) is 42.7 Å². The van der Waals surface area contributed by atoms with E-state index in [0.29, 0.717) is 10.8 Å². The van der Waals surface area contributed by atoms with Gasteiger partial charge in [-0.25, -0.2) is 18.1 Å². The lowest BCUT2D eigenvalue weighted by atomic mass is 9.94. The van der Waals surface area contributed by atoms with E-state index in [9.17, 15) is 8.42 Å². The van der Waals surface area contributed by atoms with Crippen molar-refractivity contribution in [3.63, 3.8) is 0 Å². The maximum atomic E-state index is 12.3. The molecule has 122 valence electrons. The van der Waals surface area contributed by atoms with E-state index in [4.69, 9.17) is 4.74 Å². The molecule has 1 N–H and O–H groups in total. The van der Waals surface area contributed by atoms with E-state index in [1.54, 1.807) is 48.9 Å². The molecule has 0 radical (unpaired) electrons. The van der Waals surface area contributed by atoms with Crippen molar-refractivity contribution < 1.29 is 13.2 Å². The molecule has 1 fully saturated rings. The molecule has 0 unspecified atom stereocenters. The number of nitrogens with zero attached hydrogens (tertiary/aromatic N) is 2. The van der Waals surface area contributed by atoms with Gasteiger partial charge >= 0.3 is 0 Å². The number of nitrogens with one attached hydrogen (secondary N) is 1. The Kier molecular flexibility index (Phi) is 4.88. The summed E-state index contributed by atoms with van der Waals surface area (Å²) in [5.41, 5.74) is 0. The van der Waals surface area contributed by atoms with Gasteiger partial charge in [0.1, 0.15) is 6.10 Å². The topological polar surface area (TPSA) is 81.2 Å². The fraction of sp³-hybridized carbons (Fsp3) is 0.375. The van der Waals surface area contributed by atoms with Crippen LogP contribution in [0.15, 0.2) is 53.8 Å². The minimum atomic E-state index is -3.45. The molecule has 3 rings (SSSR count). The number of ether oxygens (including phenoxy) is 1. The van der Waals surface area contributed by atoms with Crippen LogP contribution < -0.4 is 9.46 Å². The molecule has 2 aromatic rings. The third kappa shape index (κ3) is 4.27. The molecule has 1 aromatic heterocycles. The number of sulfonamides is 1. The minimum absolute atomic E-state index is 0.0538. The van der Waals surface area contributed by atoms with Crippen LogP contribution in [0, 0.1) is 0 Å². The predicted molar refractivity (Wildman–Crippen MR) is 85.5 cm³/mol. The molecule has 0 bridgehead atoms. The molecule has 6 nitrogen and oxygen atoms in total. The summed E-state index contributed by atoms with van der Waals surface area (Å²) < 4.78 is 33.2. The van der Waals surface area contributed by atoms with E-state index in [0.717, 1.165) is 25.7 Å². The molecule has 0 amide bonds. The van der Waals surface area contributed by atoms with E-state index in [1.165, 1.54) is 0 Å². The van der Waals surface area contributed by atoms with Gasteiger partial charge in [-0.3, -0.25) is 4.98 Å². The maximum Gasteiger partial charge on any atom is 0.240 e. The molecule has 1 aliphatic carbocycles. The second-order valence-electron chi connectivity index (χ2n) is 5.57. The smallest absolute Gasteiger partial charge is 0.240 e. The Labute approximate surface area is 136 Å². The molecule has 0 aliphatic heterocycles. The Balaban J connectivity index is 1.53. The highest BCUT2D eigenvalue weighted by atomic mass is 32.2. The lowest BCUT2D eigenvalue weighted by molar-refractivity contribution is 0.138. The Morgan fingerprint density at radius 3 is 2.43 bits per heavy atom. The van der Waals surface area contributed by atoms with Crippen molar-refractivity contribution in [1.82, 2.24) is 14.7 Å². The zero-order valence-electron chi connectivity index (χ0n) is 12.6. The van der Waals surface area contributed by atoms with Crippen LogP contribution in [-0.4, -0.2) is 30.5 Å². The molecule has 0 atom stereocenters. The highest BCUT2D eigenvalue weighted by Gasteiger charge is 2.26. The first-order valence-electron chi connectivity index (χ1n) is 7.63. The SMILES string of the molecule is O=S(=O)(NC1CCC(Oc2cnccn2)CC1)c1ccccc1. The highest BCUT2D eigenvalue weighted by Crippen LogP contribution is 2.23. The number of hydrogen-bond acceptors (Lipinski definition) is 5. The molecule has 1 saturated carbocycles. The molecule has 0 spiro atoms. The fourth-order valence-corrected chi connectivity index (χ4v) is 4.03. The molecule has 23 heavy (non-hydrogen) atoms. The van der Waals surface area contributed by atoms with Gasteiger partial charge in [0, 0.05) is 18.4 Å². The average molecular weight is 333 g/mol. The van der Waals surface area contributed by atoms with E-state index in [1.807, 2.05) is 0 Å². The van der Waals surface area contributed by atoms with Gasteiger partial charge in [-0.05, 0) is 37.8 Å². The predicted octanol–water partition coefficient (Wildman–Crippen LogP) is 2.15. The van der Waals surface area contributed by atoms with Gasteiger partial charge in [0.15, 0.2) is 0 Å². The summed E-state index contributed by atoms with van der Waals surface area (Å²) in [6, 6.07) is 8.40. The Bertz CT molecular complexity index is 715. The summed E-state index contributed by atoms with van der Waals surface area (Å²) in [4.78, 5) is 8.37. The minimum Gasteiger partial charge on any atom is -0.473 e. The van der Waals surface area contributed by atoms with Gasteiger partial charge in [-0.15, -0.1) is 0 Å². The van der Waals surface area contributed by atoms with Gasteiger partial charge in [0.05, 0.1) is 11.1 Å². The van der Waals surface area contributed by atoms with Gasteiger partial charge in [-0.2, -0.15) is 0 Å². The zero-order chi connectivity index (χ0) is 16.1. The van der Waals surface area contributed by atoms with Crippen molar-refractivity contribution in [2.75, 3.05) is 0 Å². The van der Waals surface area contributed by atoms with Crippen molar-refractivity contribution in [2.24, 2.45) is 0 Å². The van der Waals surface area contributed by atoms with Gasteiger partial charge in [0.25, 0.3) is 0 Å². The van der Waals surface area contributed by atoms with Crippen molar-refractivity contribution in [1.29, 1.82) is 0 Å². The number of aromatic nitrogens is 2. The third-order valence-corrected chi connectivity index (χ3v) is 5.41. The monoisotopic (exact) mass is 333 g/mol. The van der Waals surface area contributed by atoms with Gasteiger partial charge in [0.2, 0.25) is 15.9 Å². The Morgan fingerprint density at radius 1 is 1.04 bits per heavy atom. The average Bonchev–Trinajstić information content (AvgIpc) is 2.58. The van der Waals surface area contributed by atoms with Crippen LogP contribution in [0.2, 0.25) is 0 Å². The second-order valence-corrected chi connectivity index (χ2v) is 7.28. The summed E-state index contributed by atoms with van der Waals surface area (Å²) in [6.07, 6.45) is 7.91. The molecular weight excluding hydrogens is 314 g/mol.